The molecule has 4 N–H and O–H groups in total. The predicted molar refractivity (Wildman–Crippen MR) is 57.3 cm³/mol. The van der Waals surface area contributed by atoms with Gasteiger partial charge in [-0.05, 0) is 38.0 Å². The van der Waals surface area contributed by atoms with Crippen molar-refractivity contribution >= 4 is 0 Å². The molecule has 1 rings (SSSR count). The lowest BCUT2D eigenvalue weighted by Gasteiger charge is -2.40. The van der Waals surface area contributed by atoms with E-state index in [0.717, 1.165) is 32.1 Å². The Labute approximate surface area is 81.4 Å². The number of hydrogen-bond donors (Lipinski definition) is 2. The molecule has 2 heteroatoms. The highest BCUT2D eigenvalue weighted by molar-refractivity contribution is 5.01. The Bertz CT molecular complexity index is 169. The van der Waals surface area contributed by atoms with Crippen molar-refractivity contribution in [2.75, 3.05) is 0 Å². The number of rotatable bonds is 3. The van der Waals surface area contributed by atoms with Crippen LogP contribution in [0.5, 0.6) is 0 Å². The Morgan fingerprint density at radius 1 is 1.54 bits per heavy atom. The highest BCUT2D eigenvalue weighted by Crippen LogP contribution is 2.33. The average molecular weight is 182 g/mol. The van der Waals surface area contributed by atoms with Crippen LogP contribution in [-0.2, 0) is 0 Å². The Hall–Kier alpha value is -0.340. The van der Waals surface area contributed by atoms with Gasteiger partial charge in [0.15, 0.2) is 0 Å². The van der Waals surface area contributed by atoms with Crippen molar-refractivity contribution in [3.8, 4) is 0 Å². The zero-order valence-electron chi connectivity index (χ0n) is 8.63. The van der Waals surface area contributed by atoms with Crippen LogP contribution in [0.2, 0.25) is 0 Å². The van der Waals surface area contributed by atoms with Crippen LogP contribution in [0.15, 0.2) is 12.7 Å². The van der Waals surface area contributed by atoms with Crippen molar-refractivity contribution in [2.24, 2.45) is 17.4 Å². The van der Waals surface area contributed by atoms with E-state index in [-0.39, 0.29) is 5.54 Å². The first-order valence-electron chi connectivity index (χ1n) is 5.29. The van der Waals surface area contributed by atoms with Gasteiger partial charge in [-0.1, -0.05) is 13.0 Å². The molecule has 1 aliphatic rings. The first-order chi connectivity index (χ1) is 6.12. The number of nitrogens with two attached hydrogens (primary N) is 2. The van der Waals surface area contributed by atoms with E-state index < -0.39 is 0 Å². The van der Waals surface area contributed by atoms with E-state index in [1.54, 1.807) is 0 Å². The average Bonchev–Trinajstić information content (AvgIpc) is 2.13. The molecule has 2 nitrogen and oxygen atoms in total. The highest BCUT2D eigenvalue weighted by Gasteiger charge is 2.35. The topological polar surface area (TPSA) is 52.0 Å². The van der Waals surface area contributed by atoms with E-state index in [4.69, 9.17) is 11.5 Å². The second kappa shape index (κ2) is 4.25. The molecule has 1 aliphatic carbocycles. The fraction of sp³-hybridized carbons (Fsp3) is 0.818. The number of hydrogen-bond acceptors (Lipinski definition) is 2. The van der Waals surface area contributed by atoms with Gasteiger partial charge in [-0.15, -0.1) is 6.58 Å². The fourth-order valence-corrected chi connectivity index (χ4v) is 2.36. The lowest BCUT2D eigenvalue weighted by atomic mass is 9.71. The first kappa shape index (κ1) is 10.7. The summed E-state index contributed by atoms with van der Waals surface area (Å²) in [5, 5.41) is 0. The van der Waals surface area contributed by atoms with Crippen LogP contribution in [-0.4, -0.2) is 11.6 Å². The molecule has 1 atom stereocenters. The maximum Gasteiger partial charge on any atom is 0.0218 e. The summed E-state index contributed by atoms with van der Waals surface area (Å²) in [5.41, 5.74) is 12.2. The van der Waals surface area contributed by atoms with Gasteiger partial charge in [0.1, 0.15) is 0 Å². The second-order valence-electron chi connectivity index (χ2n) is 4.32. The van der Waals surface area contributed by atoms with Crippen LogP contribution < -0.4 is 11.5 Å². The fourth-order valence-electron chi connectivity index (χ4n) is 2.36. The first-order valence-corrected chi connectivity index (χ1v) is 5.29. The molecular formula is C11H22N2. The van der Waals surface area contributed by atoms with E-state index in [2.05, 4.69) is 13.5 Å². The van der Waals surface area contributed by atoms with Gasteiger partial charge in [0, 0.05) is 11.6 Å². The highest BCUT2D eigenvalue weighted by atomic mass is 14.8. The molecule has 0 amide bonds. The lowest BCUT2D eigenvalue weighted by molar-refractivity contribution is 0.210. The Morgan fingerprint density at radius 3 is 2.46 bits per heavy atom. The molecule has 1 fully saturated rings. The van der Waals surface area contributed by atoms with Crippen molar-refractivity contribution in [3.63, 3.8) is 0 Å². The quantitative estimate of drug-likeness (QED) is 0.654. The van der Waals surface area contributed by atoms with Gasteiger partial charge in [0.05, 0.1) is 0 Å². The maximum atomic E-state index is 6.36. The molecule has 0 radical (unpaired) electrons. The third-order valence-electron chi connectivity index (χ3n) is 3.42. The summed E-state index contributed by atoms with van der Waals surface area (Å²) in [4.78, 5) is 0. The summed E-state index contributed by atoms with van der Waals surface area (Å²) < 4.78 is 0. The van der Waals surface area contributed by atoms with Gasteiger partial charge in [0.25, 0.3) is 0 Å². The van der Waals surface area contributed by atoms with Crippen molar-refractivity contribution < 1.29 is 0 Å². The summed E-state index contributed by atoms with van der Waals surface area (Å²) in [6, 6.07) is 0.374. The van der Waals surface area contributed by atoms with Gasteiger partial charge in [-0.3, -0.25) is 0 Å². The summed E-state index contributed by atoms with van der Waals surface area (Å²) in [7, 11) is 0. The second-order valence-corrected chi connectivity index (χ2v) is 4.32. The van der Waals surface area contributed by atoms with Gasteiger partial charge in [-0.2, -0.15) is 0 Å². The van der Waals surface area contributed by atoms with Gasteiger partial charge in [0.2, 0.25) is 0 Å². The molecule has 0 saturated heterocycles. The van der Waals surface area contributed by atoms with E-state index >= 15 is 0 Å². The van der Waals surface area contributed by atoms with E-state index in [9.17, 15) is 0 Å². The molecule has 1 saturated carbocycles. The standard InChI is InChI=1S/C11H22N2/c1-3-9(4-2)11(13)7-5-10(12)6-8-11/h3,9-10H,1,4-8,12-13H2,2H3. The van der Waals surface area contributed by atoms with Crippen LogP contribution >= 0.6 is 0 Å². The largest absolute Gasteiger partial charge is 0.328 e. The molecular weight excluding hydrogens is 160 g/mol. The minimum atomic E-state index is -0.0215. The van der Waals surface area contributed by atoms with Crippen LogP contribution in [0.3, 0.4) is 0 Å². The molecule has 0 bridgehead atoms. The molecule has 0 aromatic rings. The van der Waals surface area contributed by atoms with Gasteiger partial charge >= 0.3 is 0 Å². The van der Waals surface area contributed by atoms with Crippen molar-refractivity contribution in [3.05, 3.63) is 12.7 Å². The zero-order valence-corrected chi connectivity index (χ0v) is 8.63. The van der Waals surface area contributed by atoms with Gasteiger partial charge in [-0.25, -0.2) is 0 Å². The van der Waals surface area contributed by atoms with Crippen LogP contribution in [0, 0.1) is 5.92 Å². The smallest absolute Gasteiger partial charge is 0.0218 e. The van der Waals surface area contributed by atoms with Crippen molar-refractivity contribution in [1.82, 2.24) is 0 Å². The lowest BCUT2D eigenvalue weighted by Crippen LogP contribution is -2.50. The maximum absolute atomic E-state index is 6.36. The SMILES string of the molecule is C=CC(CC)C1(N)CCC(N)CC1. The minimum absolute atomic E-state index is 0.0215. The zero-order chi connectivity index (χ0) is 9.90. The Kier molecular flexibility index (Phi) is 3.51. The van der Waals surface area contributed by atoms with Crippen LogP contribution in [0.4, 0.5) is 0 Å². The monoisotopic (exact) mass is 182 g/mol. The molecule has 0 aromatic heterocycles. The van der Waals surface area contributed by atoms with E-state index in [1.807, 2.05) is 6.08 Å². The van der Waals surface area contributed by atoms with Crippen LogP contribution in [0.25, 0.3) is 0 Å². The Morgan fingerprint density at radius 2 is 2.08 bits per heavy atom. The summed E-state index contributed by atoms with van der Waals surface area (Å²) in [5.74, 6) is 0.458. The predicted octanol–water partition coefficient (Wildman–Crippen LogP) is 1.80. The summed E-state index contributed by atoms with van der Waals surface area (Å²) in [6.45, 7) is 6.04. The normalized spacial score (nSPS) is 37.0. The van der Waals surface area contributed by atoms with Crippen LogP contribution in [0.1, 0.15) is 39.0 Å². The molecule has 0 heterocycles. The van der Waals surface area contributed by atoms with Crippen molar-refractivity contribution in [1.29, 1.82) is 0 Å². The van der Waals surface area contributed by atoms with E-state index in [0.29, 0.717) is 12.0 Å². The summed E-state index contributed by atoms with van der Waals surface area (Å²) in [6.07, 6.45) is 7.35. The third-order valence-corrected chi connectivity index (χ3v) is 3.42. The van der Waals surface area contributed by atoms with Crippen molar-refractivity contribution in [2.45, 2.75) is 50.6 Å². The molecule has 0 spiro atoms. The minimum Gasteiger partial charge on any atom is -0.328 e. The molecule has 0 aromatic carbocycles. The molecule has 1 unspecified atom stereocenters. The molecule has 13 heavy (non-hydrogen) atoms. The Balaban J connectivity index is 2.59. The molecule has 76 valence electrons. The third kappa shape index (κ3) is 2.32. The van der Waals surface area contributed by atoms with Gasteiger partial charge < -0.3 is 11.5 Å². The van der Waals surface area contributed by atoms with E-state index in [1.165, 1.54) is 0 Å². The molecule has 0 aliphatic heterocycles. The summed E-state index contributed by atoms with van der Waals surface area (Å²) >= 11 is 0.